The van der Waals surface area contributed by atoms with E-state index in [1.165, 1.54) is 12.8 Å². The SMILES string of the molecule is Cc1onc(-c2ccccc2Cl)c1C(=O)NCc1nccc(N2CCCC2)n1. The fourth-order valence-corrected chi connectivity index (χ4v) is 3.55. The molecule has 1 amide bonds. The zero-order valence-electron chi connectivity index (χ0n) is 15.5. The van der Waals surface area contributed by atoms with Crippen molar-refractivity contribution in [2.24, 2.45) is 0 Å². The molecule has 0 atom stereocenters. The van der Waals surface area contributed by atoms with Crippen LogP contribution in [0.2, 0.25) is 5.02 Å². The van der Waals surface area contributed by atoms with E-state index < -0.39 is 0 Å². The Morgan fingerprint density at radius 1 is 1.25 bits per heavy atom. The minimum absolute atomic E-state index is 0.215. The predicted molar refractivity (Wildman–Crippen MR) is 106 cm³/mol. The number of benzene rings is 1. The quantitative estimate of drug-likeness (QED) is 0.707. The van der Waals surface area contributed by atoms with Crippen molar-refractivity contribution in [3.63, 3.8) is 0 Å². The first-order valence-corrected chi connectivity index (χ1v) is 9.57. The van der Waals surface area contributed by atoms with Gasteiger partial charge in [-0.05, 0) is 31.9 Å². The fourth-order valence-electron chi connectivity index (χ4n) is 3.32. The number of aryl methyl sites for hydroxylation is 1. The minimum atomic E-state index is -0.302. The lowest BCUT2D eigenvalue weighted by Crippen LogP contribution is -2.26. The standard InChI is InChI=1S/C20H20ClN5O2/c1-13-18(19(25-28-13)14-6-2-3-7-15(14)21)20(27)23-12-16-22-9-8-17(24-16)26-10-4-5-11-26/h2-3,6-9H,4-5,10-12H2,1H3,(H,23,27). The highest BCUT2D eigenvalue weighted by molar-refractivity contribution is 6.33. The van der Waals surface area contributed by atoms with Gasteiger partial charge in [0, 0.05) is 24.8 Å². The molecule has 144 valence electrons. The number of hydrogen-bond donors (Lipinski definition) is 1. The van der Waals surface area contributed by atoms with E-state index in [1.807, 2.05) is 18.2 Å². The van der Waals surface area contributed by atoms with E-state index in [0.29, 0.717) is 33.4 Å². The van der Waals surface area contributed by atoms with Gasteiger partial charge in [0.15, 0.2) is 0 Å². The zero-order valence-corrected chi connectivity index (χ0v) is 16.2. The number of carbonyl (C=O) groups is 1. The van der Waals surface area contributed by atoms with Crippen molar-refractivity contribution in [2.75, 3.05) is 18.0 Å². The first kappa shape index (κ1) is 18.4. The molecule has 3 heterocycles. The van der Waals surface area contributed by atoms with Gasteiger partial charge < -0.3 is 14.7 Å². The second-order valence-corrected chi connectivity index (χ2v) is 7.06. The molecule has 0 radical (unpaired) electrons. The lowest BCUT2D eigenvalue weighted by atomic mass is 10.1. The molecule has 4 rings (SSSR count). The number of halogens is 1. The highest BCUT2D eigenvalue weighted by Crippen LogP contribution is 2.30. The molecule has 1 aliphatic rings. The van der Waals surface area contributed by atoms with E-state index in [0.717, 1.165) is 18.9 Å². The second-order valence-electron chi connectivity index (χ2n) is 6.65. The molecule has 0 bridgehead atoms. The average molecular weight is 398 g/mol. The largest absolute Gasteiger partial charge is 0.360 e. The van der Waals surface area contributed by atoms with E-state index in [2.05, 4.69) is 25.3 Å². The van der Waals surface area contributed by atoms with E-state index >= 15 is 0 Å². The molecule has 1 N–H and O–H groups in total. The maximum Gasteiger partial charge on any atom is 0.257 e. The lowest BCUT2D eigenvalue weighted by Gasteiger charge is -2.16. The summed E-state index contributed by atoms with van der Waals surface area (Å²) in [6.07, 6.45) is 4.07. The van der Waals surface area contributed by atoms with Crippen LogP contribution in [0.1, 0.15) is 34.8 Å². The number of anilines is 1. The van der Waals surface area contributed by atoms with Crippen molar-refractivity contribution in [1.29, 1.82) is 0 Å². The van der Waals surface area contributed by atoms with E-state index in [-0.39, 0.29) is 12.5 Å². The number of hydrogen-bond acceptors (Lipinski definition) is 6. The number of nitrogens with zero attached hydrogens (tertiary/aromatic N) is 4. The Hall–Kier alpha value is -2.93. The first-order valence-electron chi connectivity index (χ1n) is 9.19. The van der Waals surface area contributed by atoms with Gasteiger partial charge >= 0.3 is 0 Å². The van der Waals surface area contributed by atoms with Gasteiger partial charge in [-0.3, -0.25) is 4.79 Å². The third-order valence-electron chi connectivity index (χ3n) is 4.75. The summed E-state index contributed by atoms with van der Waals surface area (Å²) in [5, 5.41) is 7.40. The summed E-state index contributed by atoms with van der Waals surface area (Å²) < 4.78 is 5.26. The number of aromatic nitrogens is 3. The molecule has 8 heteroatoms. The summed E-state index contributed by atoms with van der Waals surface area (Å²) in [4.78, 5) is 23.9. The zero-order chi connectivity index (χ0) is 19.5. The van der Waals surface area contributed by atoms with Gasteiger partial charge in [0.1, 0.15) is 28.7 Å². The monoisotopic (exact) mass is 397 g/mol. The van der Waals surface area contributed by atoms with Gasteiger partial charge in [0.2, 0.25) is 0 Å². The Morgan fingerprint density at radius 2 is 2.04 bits per heavy atom. The summed E-state index contributed by atoms with van der Waals surface area (Å²) in [6, 6.07) is 9.11. The number of amides is 1. The maximum absolute atomic E-state index is 12.8. The topological polar surface area (TPSA) is 84.2 Å². The summed E-state index contributed by atoms with van der Waals surface area (Å²) in [5.74, 6) is 1.59. The molecule has 0 aliphatic carbocycles. The van der Waals surface area contributed by atoms with Gasteiger partial charge in [-0.15, -0.1) is 0 Å². The molecular weight excluding hydrogens is 378 g/mol. The summed E-state index contributed by atoms with van der Waals surface area (Å²) >= 11 is 6.26. The van der Waals surface area contributed by atoms with Crippen LogP contribution in [0.3, 0.4) is 0 Å². The van der Waals surface area contributed by atoms with Crippen molar-refractivity contribution in [3.8, 4) is 11.3 Å². The summed E-state index contributed by atoms with van der Waals surface area (Å²) in [7, 11) is 0. The molecule has 0 saturated carbocycles. The van der Waals surface area contributed by atoms with Crippen molar-refractivity contribution in [2.45, 2.75) is 26.3 Å². The normalized spacial score (nSPS) is 13.7. The van der Waals surface area contributed by atoms with E-state index in [4.69, 9.17) is 16.1 Å². The maximum atomic E-state index is 12.8. The highest BCUT2D eigenvalue weighted by atomic mass is 35.5. The van der Waals surface area contributed by atoms with Crippen molar-refractivity contribution in [1.82, 2.24) is 20.4 Å². The highest BCUT2D eigenvalue weighted by Gasteiger charge is 2.23. The molecule has 2 aromatic heterocycles. The van der Waals surface area contributed by atoms with Crippen LogP contribution in [0, 0.1) is 6.92 Å². The van der Waals surface area contributed by atoms with Crippen LogP contribution in [-0.4, -0.2) is 34.1 Å². The lowest BCUT2D eigenvalue weighted by molar-refractivity contribution is 0.0949. The van der Waals surface area contributed by atoms with Gasteiger partial charge in [0.25, 0.3) is 5.91 Å². The molecular formula is C20H20ClN5O2. The molecule has 1 saturated heterocycles. The van der Waals surface area contributed by atoms with Gasteiger partial charge in [0.05, 0.1) is 11.6 Å². The van der Waals surface area contributed by atoms with Crippen LogP contribution < -0.4 is 10.2 Å². The molecule has 7 nitrogen and oxygen atoms in total. The van der Waals surface area contributed by atoms with Crippen molar-refractivity contribution >= 4 is 23.3 Å². The van der Waals surface area contributed by atoms with Gasteiger partial charge in [-0.25, -0.2) is 9.97 Å². The van der Waals surface area contributed by atoms with Crippen LogP contribution in [0.4, 0.5) is 5.82 Å². The second kappa shape index (κ2) is 7.98. The summed E-state index contributed by atoms with van der Waals surface area (Å²) in [5.41, 5.74) is 1.44. The Morgan fingerprint density at radius 3 is 2.82 bits per heavy atom. The molecule has 1 aliphatic heterocycles. The minimum Gasteiger partial charge on any atom is -0.360 e. The third-order valence-corrected chi connectivity index (χ3v) is 5.08. The molecule has 0 unspecified atom stereocenters. The molecule has 1 fully saturated rings. The fraction of sp³-hybridized carbons (Fsp3) is 0.300. The van der Waals surface area contributed by atoms with E-state index in [9.17, 15) is 4.79 Å². The Kier molecular flexibility index (Phi) is 5.25. The van der Waals surface area contributed by atoms with Crippen LogP contribution in [0.5, 0.6) is 0 Å². The molecule has 3 aromatic rings. The van der Waals surface area contributed by atoms with Crippen molar-refractivity contribution in [3.05, 3.63) is 58.7 Å². The average Bonchev–Trinajstić information content (AvgIpc) is 3.37. The smallest absolute Gasteiger partial charge is 0.257 e. The Bertz CT molecular complexity index is 998. The van der Waals surface area contributed by atoms with Crippen LogP contribution >= 0.6 is 11.6 Å². The van der Waals surface area contributed by atoms with Gasteiger partial charge in [-0.1, -0.05) is 35.0 Å². The first-order chi connectivity index (χ1) is 13.6. The van der Waals surface area contributed by atoms with Crippen molar-refractivity contribution < 1.29 is 9.32 Å². The van der Waals surface area contributed by atoms with Gasteiger partial charge in [-0.2, -0.15) is 0 Å². The molecule has 28 heavy (non-hydrogen) atoms. The Balaban J connectivity index is 1.52. The molecule has 1 aromatic carbocycles. The van der Waals surface area contributed by atoms with Crippen LogP contribution in [-0.2, 0) is 6.54 Å². The van der Waals surface area contributed by atoms with E-state index in [1.54, 1.807) is 25.3 Å². The van der Waals surface area contributed by atoms with Crippen LogP contribution in [0.25, 0.3) is 11.3 Å². The number of carbonyl (C=O) groups excluding carboxylic acids is 1. The third kappa shape index (κ3) is 3.71. The number of rotatable bonds is 5. The predicted octanol–water partition coefficient (Wildman–Crippen LogP) is 3.62. The summed E-state index contributed by atoms with van der Waals surface area (Å²) in [6.45, 7) is 3.92. The van der Waals surface area contributed by atoms with Crippen LogP contribution in [0.15, 0.2) is 41.1 Å². The molecule has 0 spiro atoms. The Labute approximate surface area is 167 Å². The number of nitrogens with one attached hydrogen (secondary N) is 1.